The monoisotopic (exact) mass is 271 g/mol. The van der Waals surface area contributed by atoms with Crippen molar-refractivity contribution in [3.8, 4) is 0 Å². The van der Waals surface area contributed by atoms with E-state index in [4.69, 9.17) is 5.11 Å². The third-order valence-electron chi connectivity index (χ3n) is 2.38. The van der Waals surface area contributed by atoms with Crippen molar-refractivity contribution in [1.29, 1.82) is 0 Å². The maximum absolute atomic E-state index is 11.4. The summed E-state index contributed by atoms with van der Waals surface area (Å²) in [5.74, 6) is -0.870. The first-order valence-electron chi connectivity index (χ1n) is 5.74. The standard InChI is InChI=1S/C12H17NO4S/c1-2-8-18(16,17)13-7-6-10-4-3-5-11(9-10)12(14)15/h3-5,9,13H,2,6-8H2,1H3,(H,14,15). The molecule has 1 aromatic rings. The Morgan fingerprint density at radius 2 is 2.11 bits per heavy atom. The summed E-state index contributed by atoms with van der Waals surface area (Å²) in [7, 11) is -3.19. The Morgan fingerprint density at radius 3 is 2.72 bits per heavy atom. The number of carbonyl (C=O) groups is 1. The van der Waals surface area contributed by atoms with Crippen LogP contribution in [-0.4, -0.2) is 31.8 Å². The number of sulfonamides is 1. The van der Waals surface area contributed by atoms with Gasteiger partial charge in [0.15, 0.2) is 0 Å². The lowest BCUT2D eigenvalue weighted by Crippen LogP contribution is -2.28. The first-order valence-corrected chi connectivity index (χ1v) is 7.39. The molecule has 0 fully saturated rings. The molecule has 0 aromatic heterocycles. The number of carboxylic acids is 1. The van der Waals surface area contributed by atoms with E-state index < -0.39 is 16.0 Å². The molecule has 0 aliphatic carbocycles. The van der Waals surface area contributed by atoms with Crippen LogP contribution >= 0.6 is 0 Å². The fourth-order valence-corrected chi connectivity index (χ4v) is 2.65. The largest absolute Gasteiger partial charge is 0.478 e. The van der Waals surface area contributed by atoms with Crippen LogP contribution < -0.4 is 4.72 Å². The molecule has 0 unspecified atom stereocenters. The second kappa shape index (κ2) is 6.51. The molecule has 100 valence electrons. The minimum atomic E-state index is -3.19. The number of benzene rings is 1. The van der Waals surface area contributed by atoms with Crippen LogP contribution in [0.2, 0.25) is 0 Å². The number of carboxylic acid groups (broad SMARTS) is 1. The van der Waals surface area contributed by atoms with Crippen LogP contribution in [0.4, 0.5) is 0 Å². The lowest BCUT2D eigenvalue weighted by atomic mass is 10.1. The van der Waals surface area contributed by atoms with E-state index in [1.54, 1.807) is 25.1 Å². The van der Waals surface area contributed by atoms with Crippen molar-refractivity contribution in [3.63, 3.8) is 0 Å². The van der Waals surface area contributed by atoms with Gasteiger partial charge in [-0.2, -0.15) is 0 Å². The fraction of sp³-hybridized carbons (Fsp3) is 0.417. The quantitative estimate of drug-likeness (QED) is 0.782. The number of aromatic carboxylic acids is 1. The average Bonchev–Trinajstić information content (AvgIpc) is 2.29. The zero-order valence-electron chi connectivity index (χ0n) is 10.2. The highest BCUT2D eigenvalue weighted by Crippen LogP contribution is 2.05. The van der Waals surface area contributed by atoms with Gasteiger partial charge in [0.25, 0.3) is 0 Å². The van der Waals surface area contributed by atoms with E-state index in [0.717, 1.165) is 5.56 Å². The van der Waals surface area contributed by atoms with Crippen molar-refractivity contribution in [2.75, 3.05) is 12.3 Å². The molecule has 0 atom stereocenters. The van der Waals surface area contributed by atoms with Crippen LogP contribution in [0.1, 0.15) is 29.3 Å². The molecule has 0 spiro atoms. The van der Waals surface area contributed by atoms with E-state index in [1.807, 2.05) is 0 Å². The van der Waals surface area contributed by atoms with Crippen molar-refractivity contribution in [1.82, 2.24) is 4.72 Å². The fourth-order valence-electron chi connectivity index (χ4n) is 1.55. The summed E-state index contributed by atoms with van der Waals surface area (Å²) in [5.41, 5.74) is 1.01. The zero-order valence-corrected chi connectivity index (χ0v) is 11.0. The van der Waals surface area contributed by atoms with Crippen molar-refractivity contribution in [2.24, 2.45) is 0 Å². The molecule has 0 aliphatic rings. The van der Waals surface area contributed by atoms with Gasteiger partial charge in [-0.15, -0.1) is 0 Å². The third kappa shape index (κ3) is 4.85. The minimum absolute atomic E-state index is 0.113. The van der Waals surface area contributed by atoms with Crippen LogP contribution in [0.25, 0.3) is 0 Å². The van der Waals surface area contributed by atoms with E-state index in [9.17, 15) is 13.2 Å². The predicted molar refractivity (Wildman–Crippen MR) is 69.2 cm³/mol. The van der Waals surface area contributed by atoms with Crippen molar-refractivity contribution < 1.29 is 18.3 Å². The second-order valence-corrected chi connectivity index (χ2v) is 5.90. The van der Waals surface area contributed by atoms with E-state index >= 15 is 0 Å². The normalized spacial score (nSPS) is 11.4. The second-order valence-electron chi connectivity index (χ2n) is 3.97. The Kier molecular flexibility index (Phi) is 5.30. The molecule has 0 bridgehead atoms. The summed E-state index contributed by atoms with van der Waals surface area (Å²) >= 11 is 0. The van der Waals surface area contributed by atoms with Crippen LogP contribution in [0.15, 0.2) is 24.3 Å². The Balaban J connectivity index is 2.54. The van der Waals surface area contributed by atoms with Crippen molar-refractivity contribution in [2.45, 2.75) is 19.8 Å². The molecule has 6 heteroatoms. The number of rotatable bonds is 7. The first kappa shape index (κ1) is 14.7. The van der Waals surface area contributed by atoms with Crippen molar-refractivity contribution >= 4 is 16.0 Å². The molecule has 18 heavy (non-hydrogen) atoms. The van der Waals surface area contributed by atoms with E-state index in [1.165, 1.54) is 6.07 Å². The van der Waals surface area contributed by atoms with E-state index in [-0.39, 0.29) is 17.9 Å². The van der Waals surface area contributed by atoms with Gasteiger partial charge in [0.2, 0.25) is 10.0 Å². The van der Waals surface area contributed by atoms with Crippen molar-refractivity contribution in [3.05, 3.63) is 35.4 Å². The smallest absolute Gasteiger partial charge is 0.335 e. The third-order valence-corrected chi connectivity index (χ3v) is 3.97. The maximum atomic E-state index is 11.4. The summed E-state index contributed by atoms with van der Waals surface area (Å²) in [6.45, 7) is 2.08. The lowest BCUT2D eigenvalue weighted by molar-refractivity contribution is 0.0696. The Morgan fingerprint density at radius 1 is 1.39 bits per heavy atom. The molecule has 0 aliphatic heterocycles. The number of hydrogen-bond acceptors (Lipinski definition) is 3. The molecular formula is C12H17NO4S. The number of hydrogen-bond donors (Lipinski definition) is 2. The van der Waals surface area contributed by atoms with Gasteiger partial charge in [-0.05, 0) is 30.5 Å². The highest BCUT2D eigenvalue weighted by Gasteiger charge is 2.08. The van der Waals surface area contributed by atoms with Gasteiger partial charge in [0.1, 0.15) is 0 Å². The average molecular weight is 271 g/mol. The van der Waals surface area contributed by atoms with Gasteiger partial charge < -0.3 is 5.11 Å². The van der Waals surface area contributed by atoms with Gasteiger partial charge in [-0.1, -0.05) is 19.1 Å². The molecule has 2 N–H and O–H groups in total. The summed E-state index contributed by atoms with van der Waals surface area (Å²) < 4.78 is 25.3. The Bertz CT molecular complexity index is 511. The summed E-state index contributed by atoms with van der Waals surface area (Å²) in [5, 5.41) is 8.82. The highest BCUT2D eigenvalue weighted by atomic mass is 32.2. The van der Waals surface area contributed by atoms with Gasteiger partial charge in [0.05, 0.1) is 11.3 Å². The molecule has 0 saturated heterocycles. The van der Waals surface area contributed by atoms with Gasteiger partial charge >= 0.3 is 5.97 Å². The topological polar surface area (TPSA) is 83.5 Å². The summed E-state index contributed by atoms with van der Waals surface area (Å²) in [6.07, 6.45) is 1.05. The molecule has 1 aromatic carbocycles. The summed E-state index contributed by atoms with van der Waals surface area (Å²) in [4.78, 5) is 10.8. The zero-order chi connectivity index (χ0) is 13.6. The van der Waals surface area contributed by atoms with Crippen LogP contribution in [0.5, 0.6) is 0 Å². The van der Waals surface area contributed by atoms with Crippen LogP contribution in [-0.2, 0) is 16.4 Å². The maximum Gasteiger partial charge on any atom is 0.335 e. The van der Waals surface area contributed by atoms with E-state index in [0.29, 0.717) is 12.8 Å². The molecule has 0 amide bonds. The molecule has 0 heterocycles. The predicted octanol–water partition coefficient (Wildman–Crippen LogP) is 1.26. The molecule has 1 rings (SSSR count). The number of nitrogens with one attached hydrogen (secondary N) is 1. The molecule has 0 radical (unpaired) electrons. The summed E-state index contributed by atoms with van der Waals surface area (Å²) in [6, 6.07) is 6.49. The lowest BCUT2D eigenvalue weighted by Gasteiger charge is -2.06. The highest BCUT2D eigenvalue weighted by molar-refractivity contribution is 7.89. The molecule has 5 nitrogen and oxygen atoms in total. The van der Waals surface area contributed by atoms with Gasteiger partial charge in [-0.25, -0.2) is 17.9 Å². The van der Waals surface area contributed by atoms with Gasteiger partial charge in [0, 0.05) is 6.54 Å². The minimum Gasteiger partial charge on any atom is -0.478 e. The SMILES string of the molecule is CCCS(=O)(=O)NCCc1cccc(C(=O)O)c1. The van der Waals surface area contributed by atoms with Gasteiger partial charge in [-0.3, -0.25) is 0 Å². The first-order chi connectivity index (χ1) is 8.44. The molecular weight excluding hydrogens is 254 g/mol. The van der Waals surface area contributed by atoms with Crippen LogP contribution in [0, 0.1) is 0 Å². The Labute approximate surface area is 107 Å². The molecule has 0 saturated carbocycles. The van der Waals surface area contributed by atoms with Crippen LogP contribution in [0.3, 0.4) is 0 Å². The Hall–Kier alpha value is -1.40. The van der Waals surface area contributed by atoms with E-state index in [2.05, 4.69) is 4.72 Å².